The minimum Gasteiger partial charge on any atom is -0.478 e. The number of carboxylic acids is 1. The number of rotatable bonds is 5. The number of nitrogens with zero attached hydrogens (tertiary/aromatic N) is 1. The molecule has 2 aromatic carbocycles. The van der Waals surface area contributed by atoms with Gasteiger partial charge in [-0.1, -0.05) is 12.1 Å². The van der Waals surface area contributed by atoms with E-state index in [0.29, 0.717) is 17.5 Å². The standard InChI is InChI=1S/C18H18N2O6S/c1-11-6-8-13(20(23)24)10-16(11)27(25,26)19-15-9-7-12-4-2-3-5-14(12)17(15)18(21)22/h6-10,19H,2-5H2,1H3,(H,21,22). The largest absolute Gasteiger partial charge is 0.478 e. The van der Waals surface area contributed by atoms with Crippen LogP contribution in [0.4, 0.5) is 11.4 Å². The molecule has 142 valence electrons. The van der Waals surface area contributed by atoms with Crippen molar-refractivity contribution in [2.75, 3.05) is 4.72 Å². The van der Waals surface area contributed by atoms with Gasteiger partial charge in [-0.25, -0.2) is 13.2 Å². The molecule has 1 aliphatic carbocycles. The zero-order valence-corrected chi connectivity index (χ0v) is 15.4. The number of nitrogens with one attached hydrogen (secondary N) is 1. The van der Waals surface area contributed by atoms with Gasteiger partial charge in [0.1, 0.15) is 0 Å². The Morgan fingerprint density at radius 1 is 1.19 bits per heavy atom. The predicted molar refractivity (Wildman–Crippen MR) is 98.7 cm³/mol. The van der Waals surface area contributed by atoms with Crippen LogP contribution in [-0.4, -0.2) is 24.4 Å². The van der Waals surface area contributed by atoms with Crippen LogP contribution < -0.4 is 4.72 Å². The number of nitro groups is 1. The smallest absolute Gasteiger partial charge is 0.338 e. The van der Waals surface area contributed by atoms with Gasteiger partial charge in [0.15, 0.2) is 0 Å². The first-order chi connectivity index (χ1) is 12.7. The summed E-state index contributed by atoms with van der Waals surface area (Å²) in [5, 5.41) is 20.6. The van der Waals surface area contributed by atoms with Gasteiger partial charge < -0.3 is 5.11 Å². The second kappa shape index (κ2) is 6.99. The van der Waals surface area contributed by atoms with Gasteiger partial charge in [0.2, 0.25) is 0 Å². The maximum Gasteiger partial charge on any atom is 0.338 e. The average molecular weight is 390 g/mol. The summed E-state index contributed by atoms with van der Waals surface area (Å²) in [5.41, 5.74) is 1.43. The molecule has 9 heteroatoms. The number of sulfonamides is 1. The number of aryl methyl sites for hydroxylation is 2. The van der Waals surface area contributed by atoms with Crippen molar-refractivity contribution in [3.8, 4) is 0 Å². The summed E-state index contributed by atoms with van der Waals surface area (Å²) in [4.78, 5) is 21.8. The number of fused-ring (bicyclic) bond motifs is 1. The van der Waals surface area contributed by atoms with Crippen LogP contribution in [0, 0.1) is 17.0 Å². The van der Waals surface area contributed by atoms with E-state index in [0.717, 1.165) is 30.9 Å². The van der Waals surface area contributed by atoms with E-state index in [-0.39, 0.29) is 21.8 Å². The third kappa shape index (κ3) is 3.63. The van der Waals surface area contributed by atoms with Crippen LogP contribution in [0.5, 0.6) is 0 Å². The molecule has 0 spiro atoms. The third-order valence-corrected chi connectivity index (χ3v) is 6.17. The number of non-ortho nitro benzene ring substituents is 1. The Kier molecular flexibility index (Phi) is 4.88. The molecule has 0 saturated carbocycles. The maximum absolute atomic E-state index is 12.8. The van der Waals surface area contributed by atoms with E-state index >= 15 is 0 Å². The fraction of sp³-hybridized carbons (Fsp3) is 0.278. The summed E-state index contributed by atoms with van der Waals surface area (Å²) in [6.07, 6.45) is 3.13. The zero-order chi connectivity index (χ0) is 19.8. The molecule has 8 nitrogen and oxygen atoms in total. The number of carbonyl (C=O) groups is 1. The van der Waals surface area contributed by atoms with E-state index < -0.39 is 20.9 Å². The number of aromatic carboxylic acids is 1. The normalized spacial score (nSPS) is 13.7. The Bertz CT molecular complexity index is 1050. The van der Waals surface area contributed by atoms with Gasteiger partial charge in [0.25, 0.3) is 15.7 Å². The van der Waals surface area contributed by atoms with Crippen LogP contribution in [-0.2, 0) is 22.9 Å². The van der Waals surface area contributed by atoms with Gasteiger partial charge in [-0.15, -0.1) is 0 Å². The molecule has 0 atom stereocenters. The minimum absolute atomic E-state index is 0.0333. The highest BCUT2D eigenvalue weighted by Crippen LogP contribution is 2.32. The van der Waals surface area contributed by atoms with Crippen molar-refractivity contribution in [3.63, 3.8) is 0 Å². The van der Waals surface area contributed by atoms with Crippen molar-refractivity contribution < 1.29 is 23.2 Å². The Balaban J connectivity index is 2.08. The van der Waals surface area contributed by atoms with Gasteiger partial charge in [-0.05, 0) is 55.4 Å². The summed E-state index contributed by atoms with van der Waals surface area (Å²) >= 11 is 0. The molecule has 27 heavy (non-hydrogen) atoms. The number of nitro benzene ring substituents is 1. The Morgan fingerprint density at radius 3 is 2.56 bits per heavy atom. The van der Waals surface area contributed by atoms with Crippen molar-refractivity contribution in [1.82, 2.24) is 0 Å². The van der Waals surface area contributed by atoms with E-state index in [9.17, 15) is 28.4 Å². The Hall–Kier alpha value is -2.94. The fourth-order valence-electron chi connectivity index (χ4n) is 3.35. The minimum atomic E-state index is -4.20. The third-order valence-electron chi connectivity index (χ3n) is 4.66. The highest BCUT2D eigenvalue weighted by atomic mass is 32.2. The van der Waals surface area contributed by atoms with E-state index in [1.807, 2.05) is 0 Å². The predicted octanol–water partition coefficient (Wildman–Crippen LogP) is 3.28. The lowest BCUT2D eigenvalue weighted by molar-refractivity contribution is -0.385. The lowest BCUT2D eigenvalue weighted by Gasteiger charge is -2.21. The van der Waals surface area contributed by atoms with Crippen molar-refractivity contribution in [1.29, 1.82) is 0 Å². The summed E-state index contributed by atoms with van der Waals surface area (Å²) in [5.74, 6) is -1.21. The number of anilines is 1. The molecule has 0 bridgehead atoms. The van der Waals surface area contributed by atoms with Crippen LogP contribution >= 0.6 is 0 Å². The summed E-state index contributed by atoms with van der Waals surface area (Å²) in [6, 6.07) is 6.71. The maximum atomic E-state index is 12.8. The lowest BCUT2D eigenvalue weighted by Crippen LogP contribution is -2.19. The molecule has 2 N–H and O–H groups in total. The Morgan fingerprint density at radius 2 is 1.89 bits per heavy atom. The van der Waals surface area contributed by atoms with Gasteiger partial charge >= 0.3 is 5.97 Å². The lowest BCUT2D eigenvalue weighted by atomic mass is 9.87. The van der Waals surface area contributed by atoms with E-state index in [1.165, 1.54) is 25.1 Å². The number of hydrogen-bond donors (Lipinski definition) is 2. The summed E-state index contributed by atoms with van der Waals surface area (Å²) in [7, 11) is -4.20. The molecule has 0 unspecified atom stereocenters. The highest BCUT2D eigenvalue weighted by Gasteiger charge is 2.26. The zero-order valence-electron chi connectivity index (χ0n) is 14.6. The molecule has 0 saturated heterocycles. The van der Waals surface area contributed by atoms with Crippen LogP contribution in [0.2, 0.25) is 0 Å². The van der Waals surface area contributed by atoms with Crippen molar-refractivity contribution in [2.24, 2.45) is 0 Å². The molecule has 0 amide bonds. The molecule has 0 fully saturated rings. The molecular formula is C18H18N2O6S. The van der Waals surface area contributed by atoms with Gasteiger partial charge in [0.05, 0.1) is 21.1 Å². The molecule has 1 aliphatic rings. The van der Waals surface area contributed by atoms with Gasteiger partial charge in [-0.3, -0.25) is 14.8 Å². The van der Waals surface area contributed by atoms with E-state index in [1.54, 1.807) is 6.07 Å². The van der Waals surface area contributed by atoms with Crippen molar-refractivity contribution in [3.05, 3.63) is 62.7 Å². The summed E-state index contributed by atoms with van der Waals surface area (Å²) < 4.78 is 27.9. The molecule has 0 aliphatic heterocycles. The molecule has 0 aromatic heterocycles. The highest BCUT2D eigenvalue weighted by molar-refractivity contribution is 7.92. The molecule has 0 radical (unpaired) electrons. The van der Waals surface area contributed by atoms with Crippen molar-refractivity contribution in [2.45, 2.75) is 37.5 Å². The fourth-order valence-corrected chi connectivity index (χ4v) is 4.69. The van der Waals surface area contributed by atoms with Crippen LogP contribution in [0.15, 0.2) is 35.2 Å². The molecule has 0 heterocycles. The quantitative estimate of drug-likeness (QED) is 0.596. The topological polar surface area (TPSA) is 127 Å². The SMILES string of the molecule is Cc1ccc([N+](=O)[O-])cc1S(=O)(=O)Nc1ccc2c(c1C(=O)O)CCCC2. The first-order valence-electron chi connectivity index (χ1n) is 8.36. The van der Waals surface area contributed by atoms with Gasteiger partial charge in [-0.2, -0.15) is 0 Å². The molecule has 2 aromatic rings. The average Bonchev–Trinajstić information content (AvgIpc) is 2.60. The van der Waals surface area contributed by atoms with Gasteiger partial charge in [0, 0.05) is 12.1 Å². The monoisotopic (exact) mass is 390 g/mol. The number of hydrogen-bond acceptors (Lipinski definition) is 5. The van der Waals surface area contributed by atoms with E-state index in [2.05, 4.69) is 4.72 Å². The second-order valence-electron chi connectivity index (χ2n) is 6.45. The Labute approximate surface area is 156 Å². The molecular weight excluding hydrogens is 372 g/mol. The van der Waals surface area contributed by atoms with Crippen LogP contribution in [0.1, 0.15) is 39.9 Å². The molecule has 3 rings (SSSR count). The van der Waals surface area contributed by atoms with Crippen molar-refractivity contribution >= 4 is 27.4 Å². The first kappa shape index (κ1) is 18.8. The summed E-state index contributed by atoms with van der Waals surface area (Å²) in [6.45, 7) is 1.52. The number of carboxylic acid groups (broad SMARTS) is 1. The number of benzene rings is 2. The van der Waals surface area contributed by atoms with Crippen LogP contribution in [0.25, 0.3) is 0 Å². The second-order valence-corrected chi connectivity index (χ2v) is 8.10. The van der Waals surface area contributed by atoms with E-state index in [4.69, 9.17) is 0 Å². The van der Waals surface area contributed by atoms with Crippen LogP contribution in [0.3, 0.4) is 0 Å². The first-order valence-corrected chi connectivity index (χ1v) is 9.85.